The minimum Gasteiger partial charge on any atom is -0.380 e. The number of hydrogen-bond donors (Lipinski definition) is 1. The highest BCUT2D eigenvalue weighted by Crippen LogP contribution is 2.19. The van der Waals surface area contributed by atoms with Crippen molar-refractivity contribution >= 4 is 11.8 Å². The number of aryl methyl sites for hydroxylation is 1. The molecule has 0 spiro atoms. The highest BCUT2D eigenvalue weighted by molar-refractivity contribution is 5.94. The van der Waals surface area contributed by atoms with Gasteiger partial charge in [-0.3, -0.25) is 9.59 Å². The standard InChI is InChI=1S/C23H28N2O3/c1-17-8-10-20(11-9-17)23(27)25-12-4-7-21(15-25)22(26)24-14-18-5-3-6-19(13-18)16-28-2/h3,5-6,8-11,13,21H,4,7,12,14-16H2,1-2H3,(H,24,26). The third-order valence-electron chi connectivity index (χ3n) is 5.15. The van der Waals surface area contributed by atoms with E-state index >= 15 is 0 Å². The maximum absolute atomic E-state index is 12.7. The number of carbonyl (C=O) groups is 2. The van der Waals surface area contributed by atoms with Crippen LogP contribution in [0.25, 0.3) is 0 Å². The Kier molecular flexibility index (Phi) is 6.82. The molecule has 1 N–H and O–H groups in total. The Morgan fingerprint density at radius 3 is 2.64 bits per heavy atom. The van der Waals surface area contributed by atoms with E-state index in [9.17, 15) is 9.59 Å². The fourth-order valence-electron chi connectivity index (χ4n) is 3.58. The molecule has 1 aliphatic rings. The summed E-state index contributed by atoms with van der Waals surface area (Å²) in [6, 6.07) is 15.6. The Balaban J connectivity index is 1.56. The van der Waals surface area contributed by atoms with Crippen molar-refractivity contribution in [2.45, 2.75) is 32.9 Å². The van der Waals surface area contributed by atoms with E-state index in [-0.39, 0.29) is 17.7 Å². The third kappa shape index (κ3) is 5.20. The molecule has 2 aromatic rings. The quantitative estimate of drug-likeness (QED) is 0.836. The van der Waals surface area contributed by atoms with Crippen LogP contribution in [-0.2, 0) is 22.7 Å². The molecule has 5 nitrogen and oxygen atoms in total. The van der Waals surface area contributed by atoms with Crippen molar-refractivity contribution < 1.29 is 14.3 Å². The van der Waals surface area contributed by atoms with Crippen molar-refractivity contribution in [2.75, 3.05) is 20.2 Å². The summed E-state index contributed by atoms with van der Waals surface area (Å²) in [4.78, 5) is 27.2. The predicted molar refractivity (Wildman–Crippen MR) is 109 cm³/mol. The minimum atomic E-state index is -0.162. The van der Waals surface area contributed by atoms with Crippen LogP contribution >= 0.6 is 0 Å². The highest BCUT2D eigenvalue weighted by Gasteiger charge is 2.28. The summed E-state index contributed by atoms with van der Waals surface area (Å²) in [6.07, 6.45) is 1.66. The molecular weight excluding hydrogens is 352 g/mol. The van der Waals surface area contributed by atoms with E-state index in [4.69, 9.17) is 4.74 Å². The number of hydrogen-bond acceptors (Lipinski definition) is 3. The molecule has 1 fully saturated rings. The van der Waals surface area contributed by atoms with Crippen molar-refractivity contribution in [3.05, 3.63) is 70.8 Å². The molecule has 0 bridgehead atoms. The second-order valence-electron chi connectivity index (χ2n) is 7.43. The highest BCUT2D eigenvalue weighted by atomic mass is 16.5. The normalized spacial score (nSPS) is 16.6. The average Bonchev–Trinajstić information content (AvgIpc) is 2.73. The van der Waals surface area contributed by atoms with E-state index in [1.807, 2.05) is 55.5 Å². The molecule has 1 atom stereocenters. The van der Waals surface area contributed by atoms with Gasteiger partial charge in [0.2, 0.25) is 5.91 Å². The van der Waals surface area contributed by atoms with Crippen molar-refractivity contribution in [2.24, 2.45) is 5.92 Å². The van der Waals surface area contributed by atoms with Crippen molar-refractivity contribution in [1.82, 2.24) is 10.2 Å². The van der Waals surface area contributed by atoms with Crippen molar-refractivity contribution in [3.8, 4) is 0 Å². The Labute approximate surface area is 166 Å². The molecule has 5 heteroatoms. The summed E-state index contributed by atoms with van der Waals surface area (Å²) in [5.41, 5.74) is 3.94. The number of methoxy groups -OCH3 is 1. The van der Waals surface area contributed by atoms with Gasteiger partial charge in [-0.15, -0.1) is 0 Å². The summed E-state index contributed by atoms with van der Waals surface area (Å²) < 4.78 is 5.16. The zero-order chi connectivity index (χ0) is 19.9. The van der Waals surface area contributed by atoms with Crippen molar-refractivity contribution in [3.63, 3.8) is 0 Å². The Morgan fingerprint density at radius 2 is 1.89 bits per heavy atom. The summed E-state index contributed by atoms with van der Waals surface area (Å²) >= 11 is 0. The Morgan fingerprint density at radius 1 is 1.14 bits per heavy atom. The van der Waals surface area contributed by atoms with Crippen LogP contribution in [0, 0.1) is 12.8 Å². The fraction of sp³-hybridized carbons (Fsp3) is 0.391. The van der Waals surface area contributed by atoms with E-state index < -0.39 is 0 Å². The van der Waals surface area contributed by atoms with Gasteiger partial charge in [0, 0.05) is 32.3 Å². The molecule has 1 aliphatic heterocycles. The van der Waals surface area contributed by atoms with Crippen LogP contribution in [0.3, 0.4) is 0 Å². The lowest BCUT2D eigenvalue weighted by Crippen LogP contribution is -2.45. The first-order valence-electron chi connectivity index (χ1n) is 9.77. The molecule has 0 aliphatic carbocycles. The van der Waals surface area contributed by atoms with E-state index in [0.29, 0.717) is 31.8 Å². The zero-order valence-electron chi connectivity index (χ0n) is 16.6. The topological polar surface area (TPSA) is 58.6 Å². The summed E-state index contributed by atoms with van der Waals surface area (Å²) in [6.45, 7) is 4.22. The SMILES string of the molecule is COCc1cccc(CNC(=O)C2CCCN(C(=O)c3ccc(C)cc3)C2)c1. The van der Waals surface area contributed by atoms with Crippen LogP contribution in [-0.4, -0.2) is 36.9 Å². The van der Waals surface area contributed by atoms with Gasteiger partial charge in [-0.05, 0) is 43.0 Å². The second-order valence-corrected chi connectivity index (χ2v) is 7.43. The molecule has 1 heterocycles. The molecule has 1 unspecified atom stereocenters. The van der Waals surface area contributed by atoms with Gasteiger partial charge in [0.15, 0.2) is 0 Å². The minimum absolute atomic E-state index is 0.00441. The van der Waals surface area contributed by atoms with Gasteiger partial charge in [-0.25, -0.2) is 0 Å². The Hall–Kier alpha value is -2.66. The molecule has 2 aromatic carbocycles. The molecule has 0 aromatic heterocycles. The molecule has 28 heavy (non-hydrogen) atoms. The van der Waals surface area contributed by atoms with Gasteiger partial charge in [-0.1, -0.05) is 42.0 Å². The number of carbonyl (C=O) groups excluding carboxylic acids is 2. The summed E-state index contributed by atoms with van der Waals surface area (Å²) in [5.74, 6) is -0.145. The van der Waals surface area contributed by atoms with Gasteiger partial charge in [0.05, 0.1) is 12.5 Å². The fourth-order valence-corrected chi connectivity index (χ4v) is 3.58. The van der Waals surface area contributed by atoms with Gasteiger partial charge in [0.25, 0.3) is 5.91 Å². The van der Waals surface area contributed by atoms with Gasteiger partial charge >= 0.3 is 0 Å². The van der Waals surface area contributed by atoms with E-state index in [2.05, 4.69) is 5.32 Å². The van der Waals surface area contributed by atoms with E-state index in [1.165, 1.54) is 0 Å². The predicted octanol–water partition coefficient (Wildman–Crippen LogP) is 3.31. The van der Waals surface area contributed by atoms with Crippen LogP contribution in [0.2, 0.25) is 0 Å². The van der Waals surface area contributed by atoms with Crippen LogP contribution in [0.1, 0.15) is 39.9 Å². The maximum atomic E-state index is 12.7. The van der Waals surface area contributed by atoms with E-state index in [1.54, 1.807) is 12.0 Å². The third-order valence-corrected chi connectivity index (χ3v) is 5.15. The second kappa shape index (κ2) is 9.51. The molecule has 1 saturated heterocycles. The number of amides is 2. The van der Waals surface area contributed by atoms with Gasteiger partial charge in [-0.2, -0.15) is 0 Å². The average molecular weight is 380 g/mol. The lowest BCUT2D eigenvalue weighted by molar-refractivity contribution is -0.126. The molecule has 3 rings (SSSR count). The number of nitrogens with one attached hydrogen (secondary N) is 1. The first kappa shape index (κ1) is 20.1. The lowest BCUT2D eigenvalue weighted by Gasteiger charge is -2.32. The van der Waals surface area contributed by atoms with Gasteiger partial charge < -0.3 is 15.0 Å². The summed E-state index contributed by atoms with van der Waals surface area (Å²) in [5, 5.41) is 3.03. The van der Waals surface area contributed by atoms with Crippen LogP contribution in [0.5, 0.6) is 0 Å². The number of rotatable bonds is 6. The molecular formula is C23H28N2O3. The molecule has 0 radical (unpaired) electrons. The monoisotopic (exact) mass is 380 g/mol. The number of benzene rings is 2. The number of likely N-dealkylation sites (tertiary alicyclic amines) is 1. The number of nitrogens with zero attached hydrogens (tertiary/aromatic N) is 1. The summed E-state index contributed by atoms with van der Waals surface area (Å²) in [7, 11) is 1.67. The molecule has 0 saturated carbocycles. The lowest BCUT2D eigenvalue weighted by atomic mass is 9.96. The smallest absolute Gasteiger partial charge is 0.253 e. The molecule has 148 valence electrons. The van der Waals surface area contributed by atoms with Crippen LogP contribution in [0.4, 0.5) is 0 Å². The first-order valence-corrected chi connectivity index (χ1v) is 9.77. The van der Waals surface area contributed by atoms with Crippen LogP contribution in [0.15, 0.2) is 48.5 Å². The first-order chi connectivity index (χ1) is 13.6. The Bertz CT molecular complexity index is 817. The largest absolute Gasteiger partial charge is 0.380 e. The zero-order valence-corrected chi connectivity index (χ0v) is 16.6. The van der Waals surface area contributed by atoms with E-state index in [0.717, 1.165) is 29.5 Å². The number of piperidine rings is 1. The van der Waals surface area contributed by atoms with Crippen LogP contribution < -0.4 is 5.32 Å². The maximum Gasteiger partial charge on any atom is 0.253 e. The molecule has 2 amide bonds. The number of ether oxygens (including phenoxy) is 1. The van der Waals surface area contributed by atoms with Gasteiger partial charge in [0.1, 0.15) is 0 Å². The van der Waals surface area contributed by atoms with Crippen molar-refractivity contribution in [1.29, 1.82) is 0 Å².